The predicted octanol–water partition coefficient (Wildman–Crippen LogP) is 3.83. The molecule has 2 aromatic carbocycles. The van der Waals surface area contributed by atoms with Gasteiger partial charge in [-0.1, -0.05) is 41.9 Å². The highest BCUT2D eigenvalue weighted by atomic mass is 35.5. The number of amides is 2. The van der Waals surface area contributed by atoms with Crippen molar-refractivity contribution in [3.8, 4) is 0 Å². The molecule has 0 bridgehead atoms. The number of likely N-dealkylation sites (tertiary alicyclic amines) is 1. The molecule has 136 valence electrons. The van der Waals surface area contributed by atoms with Crippen LogP contribution in [-0.2, 0) is 17.8 Å². The number of nitrogens with zero attached hydrogens (tertiary/aromatic N) is 1. The fourth-order valence-corrected chi connectivity index (χ4v) is 3.33. The molecule has 26 heavy (non-hydrogen) atoms. The number of nitrogens with one attached hydrogen (secondary N) is 1. The Morgan fingerprint density at radius 2 is 1.65 bits per heavy atom. The van der Waals surface area contributed by atoms with E-state index in [2.05, 4.69) is 5.32 Å². The number of halogens is 1. The van der Waals surface area contributed by atoms with E-state index in [-0.39, 0.29) is 18.2 Å². The summed E-state index contributed by atoms with van der Waals surface area (Å²) in [5.74, 6) is 0.0191. The van der Waals surface area contributed by atoms with Gasteiger partial charge in [0.1, 0.15) is 0 Å². The van der Waals surface area contributed by atoms with Crippen LogP contribution >= 0.6 is 11.6 Å². The Morgan fingerprint density at radius 3 is 2.35 bits per heavy atom. The molecule has 1 heterocycles. The summed E-state index contributed by atoms with van der Waals surface area (Å²) in [4.78, 5) is 26.5. The minimum atomic E-state index is -0.0773. The molecule has 1 aliphatic rings. The van der Waals surface area contributed by atoms with Crippen molar-refractivity contribution in [2.75, 3.05) is 13.1 Å². The smallest absolute Gasteiger partial charge is 0.253 e. The second-order valence-electron chi connectivity index (χ2n) is 6.59. The monoisotopic (exact) mass is 370 g/mol. The van der Waals surface area contributed by atoms with Gasteiger partial charge in [0.25, 0.3) is 5.91 Å². The van der Waals surface area contributed by atoms with E-state index in [1.165, 1.54) is 6.42 Å². The Balaban J connectivity index is 1.52. The van der Waals surface area contributed by atoms with Crippen LogP contribution in [0.1, 0.15) is 40.7 Å². The Hall–Kier alpha value is -2.33. The maximum Gasteiger partial charge on any atom is 0.253 e. The van der Waals surface area contributed by atoms with Crippen molar-refractivity contribution in [1.29, 1.82) is 0 Å². The van der Waals surface area contributed by atoms with Crippen molar-refractivity contribution >= 4 is 23.4 Å². The van der Waals surface area contributed by atoms with Gasteiger partial charge in [-0.05, 0) is 48.6 Å². The quantitative estimate of drug-likeness (QED) is 0.869. The van der Waals surface area contributed by atoms with E-state index in [9.17, 15) is 9.59 Å². The Morgan fingerprint density at radius 1 is 0.962 bits per heavy atom. The lowest BCUT2D eigenvalue weighted by Crippen LogP contribution is -2.35. The molecule has 0 atom stereocenters. The predicted molar refractivity (Wildman–Crippen MR) is 103 cm³/mol. The van der Waals surface area contributed by atoms with E-state index >= 15 is 0 Å². The molecule has 1 aliphatic heterocycles. The van der Waals surface area contributed by atoms with Gasteiger partial charge in [-0.2, -0.15) is 0 Å². The third-order valence-corrected chi connectivity index (χ3v) is 5.01. The molecular formula is C21H23ClN2O2. The minimum absolute atomic E-state index is 0.0773. The van der Waals surface area contributed by atoms with Crippen LogP contribution < -0.4 is 5.32 Å². The van der Waals surface area contributed by atoms with Crippen LogP contribution in [0.4, 0.5) is 0 Å². The Bertz CT molecular complexity index is 768. The SMILES string of the molecule is O=C(Cc1ccccc1Cl)NCc1ccc(C(=O)N2CCCCC2)cc1. The van der Waals surface area contributed by atoms with E-state index in [0.717, 1.165) is 37.1 Å². The molecule has 0 saturated carbocycles. The van der Waals surface area contributed by atoms with Crippen molar-refractivity contribution in [2.45, 2.75) is 32.2 Å². The van der Waals surface area contributed by atoms with Gasteiger partial charge in [0, 0.05) is 30.2 Å². The van der Waals surface area contributed by atoms with Gasteiger partial charge in [-0.15, -0.1) is 0 Å². The van der Waals surface area contributed by atoms with E-state index in [4.69, 9.17) is 11.6 Å². The largest absolute Gasteiger partial charge is 0.352 e. The molecule has 2 amide bonds. The summed E-state index contributed by atoms with van der Waals surface area (Å²) in [5, 5.41) is 3.49. The Labute approximate surface area is 159 Å². The van der Waals surface area contributed by atoms with Gasteiger partial charge in [-0.3, -0.25) is 9.59 Å². The molecule has 0 aliphatic carbocycles. The average molecular weight is 371 g/mol. The summed E-state index contributed by atoms with van der Waals surface area (Å²) in [6.45, 7) is 2.12. The van der Waals surface area contributed by atoms with Crippen LogP contribution in [0.5, 0.6) is 0 Å². The zero-order valence-corrected chi connectivity index (χ0v) is 15.5. The standard InChI is InChI=1S/C21H23ClN2O2/c22-19-7-3-2-6-18(19)14-20(25)23-15-16-8-10-17(11-9-16)21(26)24-12-4-1-5-13-24/h2-3,6-11H,1,4-5,12-15H2,(H,23,25). The average Bonchev–Trinajstić information content (AvgIpc) is 2.69. The van der Waals surface area contributed by atoms with Crippen molar-refractivity contribution in [3.63, 3.8) is 0 Å². The van der Waals surface area contributed by atoms with E-state index < -0.39 is 0 Å². The summed E-state index contributed by atoms with van der Waals surface area (Å²) >= 11 is 6.08. The van der Waals surface area contributed by atoms with Crippen LogP contribution in [0.15, 0.2) is 48.5 Å². The van der Waals surface area contributed by atoms with Crippen LogP contribution in [0.3, 0.4) is 0 Å². The van der Waals surface area contributed by atoms with Crippen LogP contribution in [0.25, 0.3) is 0 Å². The van der Waals surface area contributed by atoms with Crippen LogP contribution in [-0.4, -0.2) is 29.8 Å². The zero-order valence-electron chi connectivity index (χ0n) is 14.7. The molecule has 0 spiro atoms. The number of piperidine rings is 1. The third-order valence-electron chi connectivity index (χ3n) is 4.64. The lowest BCUT2D eigenvalue weighted by molar-refractivity contribution is -0.120. The van der Waals surface area contributed by atoms with Gasteiger partial charge in [0.2, 0.25) is 5.91 Å². The molecule has 1 N–H and O–H groups in total. The second-order valence-corrected chi connectivity index (χ2v) is 7.00. The second kappa shape index (κ2) is 8.86. The van der Waals surface area contributed by atoms with E-state index in [1.54, 1.807) is 6.07 Å². The maximum absolute atomic E-state index is 12.5. The molecule has 5 heteroatoms. The highest BCUT2D eigenvalue weighted by Gasteiger charge is 2.17. The Kier molecular flexibility index (Phi) is 6.29. The van der Waals surface area contributed by atoms with Gasteiger partial charge in [-0.25, -0.2) is 0 Å². The topological polar surface area (TPSA) is 49.4 Å². The summed E-state index contributed by atoms with van der Waals surface area (Å²) in [6, 6.07) is 14.8. The molecule has 0 aromatic heterocycles. The number of hydrogen-bond donors (Lipinski definition) is 1. The molecule has 2 aromatic rings. The first-order chi connectivity index (χ1) is 12.6. The molecule has 3 rings (SSSR count). The van der Waals surface area contributed by atoms with Crippen molar-refractivity contribution < 1.29 is 9.59 Å². The third kappa shape index (κ3) is 4.85. The molecule has 1 fully saturated rings. The van der Waals surface area contributed by atoms with Gasteiger partial charge in [0.05, 0.1) is 6.42 Å². The molecule has 0 radical (unpaired) electrons. The highest BCUT2D eigenvalue weighted by molar-refractivity contribution is 6.31. The number of carbonyl (C=O) groups excluding carboxylic acids is 2. The first-order valence-corrected chi connectivity index (χ1v) is 9.39. The number of carbonyl (C=O) groups is 2. The number of hydrogen-bond acceptors (Lipinski definition) is 2. The fourth-order valence-electron chi connectivity index (χ4n) is 3.12. The summed E-state index contributed by atoms with van der Waals surface area (Å²) in [7, 11) is 0. The molecular weight excluding hydrogens is 348 g/mol. The summed E-state index contributed by atoms with van der Waals surface area (Å²) in [5.41, 5.74) is 2.49. The maximum atomic E-state index is 12.5. The summed E-state index contributed by atoms with van der Waals surface area (Å²) < 4.78 is 0. The molecule has 0 unspecified atom stereocenters. The van der Waals surface area contributed by atoms with Crippen molar-refractivity contribution in [2.24, 2.45) is 0 Å². The fraction of sp³-hybridized carbons (Fsp3) is 0.333. The van der Waals surface area contributed by atoms with Crippen LogP contribution in [0, 0.1) is 0 Å². The van der Waals surface area contributed by atoms with Crippen LogP contribution in [0.2, 0.25) is 5.02 Å². The normalized spacial score (nSPS) is 14.1. The lowest BCUT2D eigenvalue weighted by Gasteiger charge is -2.26. The number of benzene rings is 2. The van der Waals surface area contributed by atoms with Gasteiger partial charge in [0.15, 0.2) is 0 Å². The van der Waals surface area contributed by atoms with Gasteiger partial charge >= 0.3 is 0 Å². The highest BCUT2D eigenvalue weighted by Crippen LogP contribution is 2.16. The van der Waals surface area contributed by atoms with Crippen molar-refractivity contribution in [1.82, 2.24) is 10.2 Å². The zero-order chi connectivity index (χ0) is 18.4. The lowest BCUT2D eigenvalue weighted by atomic mass is 10.1. The molecule has 4 nitrogen and oxygen atoms in total. The first-order valence-electron chi connectivity index (χ1n) is 9.02. The minimum Gasteiger partial charge on any atom is -0.352 e. The van der Waals surface area contributed by atoms with E-state index in [1.807, 2.05) is 47.4 Å². The van der Waals surface area contributed by atoms with E-state index in [0.29, 0.717) is 17.1 Å². The molecule has 1 saturated heterocycles. The van der Waals surface area contributed by atoms with Gasteiger partial charge < -0.3 is 10.2 Å². The van der Waals surface area contributed by atoms with Crippen molar-refractivity contribution in [3.05, 3.63) is 70.2 Å². The number of rotatable bonds is 5. The first kappa shape index (κ1) is 18.5. The summed E-state index contributed by atoms with van der Waals surface area (Å²) in [6.07, 6.45) is 3.63.